The molecular formula is C24H30F3N3O4S. The molecule has 11 heteroatoms. The number of hydrogen-bond acceptors (Lipinski definition) is 5. The number of piperidine rings is 1. The van der Waals surface area contributed by atoms with Crippen LogP contribution in [0.3, 0.4) is 0 Å². The van der Waals surface area contributed by atoms with E-state index in [-0.39, 0.29) is 23.8 Å². The van der Waals surface area contributed by atoms with Crippen LogP contribution in [-0.4, -0.2) is 55.4 Å². The number of nitrogens with zero attached hydrogens (tertiary/aromatic N) is 2. The lowest BCUT2D eigenvalue weighted by atomic mass is 9.67. The second kappa shape index (κ2) is 10.9. The van der Waals surface area contributed by atoms with Crippen LogP contribution in [0.5, 0.6) is 5.75 Å². The van der Waals surface area contributed by atoms with Crippen LogP contribution >= 0.6 is 0 Å². The Balaban J connectivity index is 1.77. The molecule has 1 aliphatic rings. The molecule has 0 radical (unpaired) electrons. The fraction of sp³-hybridized carbons (Fsp3) is 0.500. The van der Waals surface area contributed by atoms with Crippen molar-refractivity contribution in [3.05, 3.63) is 59.9 Å². The molecule has 1 aromatic carbocycles. The summed E-state index contributed by atoms with van der Waals surface area (Å²) in [6, 6.07) is 10.7. The van der Waals surface area contributed by atoms with Gasteiger partial charge in [0.1, 0.15) is 5.75 Å². The molecule has 192 valence electrons. The molecule has 2 heterocycles. The van der Waals surface area contributed by atoms with Gasteiger partial charge in [-0.25, -0.2) is 12.7 Å². The zero-order valence-corrected chi connectivity index (χ0v) is 20.5. The molecule has 0 saturated carbocycles. The lowest BCUT2D eigenvalue weighted by molar-refractivity contribution is -0.274. The molecule has 3 rings (SSSR count). The van der Waals surface area contributed by atoms with Gasteiger partial charge >= 0.3 is 6.36 Å². The largest absolute Gasteiger partial charge is 0.573 e. The summed E-state index contributed by atoms with van der Waals surface area (Å²) in [5.74, 6) is -1.34. The summed E-state index contributed by atoms with van der Waals surface area (Å²) in [4.78, 5) is 17.3. The monoisotopic (exact) mass is 513 g/mol. The van der Waals surface area contributed by atoms with E-state index in [9.17, 15) is 26.4 Å². The zero-order valence-electron chi connectivity index (χ0n) is 19.7. The van der Waals surface area contributed by atoms with Crippen molar-refractivity contribution >= 4 is 15.9 Å². The minimum atomic E-state index is -4.92. The van der Waals surface area contributed by atoms with E-state index >= 15 is 0 Å². The third-order valence-electron chi connectivity index (χ3n) is 6.51. The third kappa shape index (κ3) is 6.52. The Morgan fingerprint density at radius 3 is 2.43 bits per heavy atom. The molecule has 1 aromatic heterocycles. The van der Waals surface area contributed by atoms with Crippen molar-refractivity contribution in [1.29, 1.82) is 0 Å². The molecular weight excluding hydrogens is 483 g/mol. The summed E-state index contributed by atoms with van der Waals surface area (Å²) in [6.07, 6.45) is -1.69. The van der Waals surface area contributed by atoms with Crippen molar-refractivity contribution < 1.29 is 31.1 Å². The number of sulfonamides is 1. The van der Waals surface area contributed by atoms with Crippen LogP contribution in [-0.2, 0) is 15.4 Å². The van der Waals surface area contributed by atoms with Gasteiger partial charge in [0.2, 0.25) is 10.0 Å². The maximum atomic E-state index is 12.8. The summed E-state index contributed by atoms with van der Waals surface area (Å²) >= 11 is 0. The standard InChI is InChI=1S/C24H30F3N3O4S/c1-3-16-35(32,33)30-14-11-23(12-15-30,21-10-6-7-13-28-21)18(2)17-29-22(31)19-8-4-5-9-20(19)34-24(25,26)27/h4-10,13,18H,3,11-12,14-17H2,1-2H3,(H,29,31). The molecule has 35 heavy (non-hydrogen) atoms. The molecule has 2 aromatic rings. The third-order valence-corrected chi connectivity index (χ3v) is 8.59. The van der Waals surface area contributed by atoms with Crippen LogP contribution in [0.4, 0.5) is 13.2 Å². The molecule has 0 spiro atoms. The number of halogens is 3. The van der Waals surface area contributed by atoms with E-state index in [0.717, 1.165) is 11.8 Å². The first-order chi connectivity index (χ1) is 16.5. The Hall–Kier alpha value is -2.66. The van der Waals surface area contributed by atoms with Gasteiger partial charge in [-0.2, -0.15) is 0 Å². The van der Waals surface area contributed by atoms with Crippen LogP contribution in [0.15, 0.2) is 48.7 Å². The Labute approximate surface area is 203 Å². The Kier molecular flexibility index (Phi) is 8.42. The van der Waals surface area contributed by atoms with Crippen LogP contribution in [0, 0.1) is 5.92 Å². The van der Waals surface area contributed by atoms with Gasteiger partial charge in [-0.1, -0.05) is 32.0 Å². The van der Waals surface area contributed by atoms with Crippen molar-refractivity contribution in [3.8, 4) is 5.75 Å². The lowest BCUT2D eigenvalue weighted by Gasteiger charge is -2.45. The number of ether oxygens (including phenoxy) is 1. The molecule has 1 aliphatic heterocycles. The number of nitrogens with one attached hydrogen (secondary N) is 1. The second-order valence-corrected chi connectivity index (χ2v) is 10.8. The van der Waals surface area contributed by atoms with Gasteiger partial charge in [0.25, 0.3) is 5.91 Å². The molecule has 1 fully saturated rings. The molecule has 7 nitrogen and oxygen atoms in total. The zero-order chi connectivity index (χ0) is 25.7. The maximum absolute atomic E-state index is 12.8. The van der Waals surface area contributed by atoms with E-state index < -0.39 is 33.5 Å². The van der Waals surface area contributed by atoms with Gasteiger partial charge in [-0.05, 0) is 49.4 Å². The molecule has 1 atom stereocenters. The first-order valence-electron chi connectivity index (χ1n) is 11.5. The fourth-order valence-electron chi connectivity index (χ4n) is 4.61. The average Bonchev–Trinajstić information content (AvgIpc) is 2.82. The number of alkyl halides is 3. The van der Waals surface area contributed by atoms with Crippen LogP contribution in [0.2, 0.25) is 0 Å². The summed E-state index contributed by atoms with van der Waals surface area (Å²) in [5, 5.41) is 2.73. The number of hydrogen-bond donors (Lipinski definition) is 1. The first-order valence-corrected chi connectivity index (χ1v) is 13.1. The molecule has 1 saturated heterocycles. The summed E-state index contributed by atoms with van der Waals surface area (Å²) in [6.45, 7) is 4.59. The highest BCUT2D eigenvalue weighted by molar-refractivity contribution is 7.89. The summed E-state index contributed by atoms with van der Waals surface area (Å²) in [7, 11) is -3.34. The number of carbonyl (C=O) groups excluding carboxylic acids is 1. The topological polar surface area (TPSA) is 88.6 Å². The first kappa shape index (κ1) is 26.9. The van der Waals surface area contributed by atoms with Crippen molar-refractivity contribution in [2.45, 2.75) is 44.9 Å². The van der Waals surface area contributed by atoms with Crippen LogP contribution < -0.4 is 10.1 Å². The summed E-state index contributed by atoms with van der Waals surface area (Å²) < 4.78 is 68.8. The van der Waals surface area contributed by atoms with E-state index in [0.29, 0.717) is 32.4 Å². The number of carbonyl (C=O) groups is 1. The SMILES string of the molecule is CCCS(=O)(=O)N1CCC(c2ccccn2)(C(C)CNC(=O)c2ccccc2OC(F)(F)F)CC1. The van der Waals surface area contributed by atoms with E-state index in [1.165, 1.54) is 22.5 Å². The van der Waals surface area contributed by atoms with Gasteiger partial charge < -0.3 is 10.1 Å². The molecule has 1 unspecified atom stereocenters. The van der Waals surface area contributed by atoms with Gasteiger partial charge in [-0.15, -0.1) is 13.2 Å². The predicted octanol–water partition coefficient (Wildman–Crippen LogP) is 4.12. The normalized spacial score (nSPS) is 17.5. The van der Waals surface area contributed by atoms with Crippen LogP contribution in [0.1, 0.15) is 49.2 Å². The second-order valence-electron chi connectivity index (χ2n) is 8.74. The van der Waals surface area contributed by atoms with Crippen LogP contribution in [0.25, 0.3) is 0 Å². The van der Waals surface area contributed by atoms with E-state index in [2.05, 4.69) is 15.0 Å². The van der Waals surface area contributed by atoms with Gasteiger partial charge in [0.05, 0.1) is 11.3 Å². The Bertz CT molecular complexity index is 1100. The highest BCUT2D eigenvalue weighted by Crippen LogP contribution is 2.41. The van der Waals surface area contributed by atoms with Gasteiger partial charge in [0, 0.05) is 36.9 Å². The van der Waals surface area contributed by atoms with Crippen molar-refractivity contribution in [3.63, 3.8) is 0 Å². The van der Waals surface area contributed by atoms with Crippen molar-refractivity contribution in [2.75, 3.05) is 25.4 Å². The van der Waals surface area contributed by atoms with E-state index in [4.69, 9.17) is 0 Å². The predicted molar refractivity (Wildman–Crippen MR) is 125 cm³/mol. The molecule has 0 bridgehead atoms. The van der Waals surface area contributed by atoms with E-state index in [1.807, 2.05) is 26.0 Å². The number of rotatable bonds is 9. The average molecular weight is 514 g/mol. The minimum absolute atomic E-state index is 0.0919. The molecule has 1 amide bonds. The quantitative estimate of drug-likeness (QED) is 0.545. The number of pyridine rings is 1. The number of benzene rings is 1. The van der Waals surface area contributed by atoms with Gasteiger partial charge in [-0.3, -0.25) is 9.78 Å². The van der Waals surface area contributed by atoms with E-state index in [1.54, 1.807) is 12.3 Å². The fourth-order valence-corrected chi connectivity index (χ4v) is 6.13. The Morgan fingerprint density at radius 1 is 1.17 bits per heavy atom. The number of aromatic nitrogens is 1. The summed E-state index contributed by atoms with van der Waals surface area (Å²) in [5.41, 5.74) is 0.0777. The Morgan fingerprint density at radius 2 is 1.83 bits per heavy atom. The maximum Gasteiger partial charge on any atom is 0.573 e. The smallest absolute Gasteiger partial charge is 0.405 e. The minimum Gasteiger partial charge on any atom is -0.405 e. The lowest BCUT2D eigenvalue weighted by Crippen LogP contribution is -2.51. The highest BCUT2D eigenvalue weighted by Gasteiger charge is 2.44. The molecule has 1 N–H and O–H groups in total. The van der Waals surface area contributed by atoms with Gasteiger partial charge in [0.15, 0.2) is 0 Å². The number of amides is 1. The van der Waals surface area contributed by atoms with Crippen molar-refractivity contribution in [1.82, 2.24) is 14.6 Å². The highest BCUT2D eigenvalue weighted by atomic mass is 32.2. The van der Waals surface area contributed by atoms with Crippen molar-refractivity contribution in [2.24, 2.45) is 5.92 Å². The number of para-hydroxylation sites is 1. The molecule has 0 aliphatic carbocycles.